The Morgan fingerprint density at radius 1 is 0.956 bits per heavy atom. The third-order valence-corrected chi connectivity index (χ3v) is 6.64. The van der Waals surface area contributed by atoms with Gasteiger partial charge < -0.3 is 34.2 Å². The van der Waals surface area contributed by atoms with Crippen LogP contribution in [0.4, 0.5) is 5.69 Å². The first-order chi connectivity index (χ1) is 20.6. The maximum Gasteiger partial charge on any atom is 1.00 e. The summed E-state index contributed by atoms with van der Waals surface area (Å²) in [5, 5.41) is 43.0. The maximum atomic E-state index is 11.5. The summed E-state index contributed by atoms with van der Waals surface area (Å²) >= 11 is 6.23. The van der Waals surface area contributed by atoms with E-state index in [0.29, 0.717) is 50.4 Å². The van der Waals surface area contributed by atoms with Crippen LogP contribution in [-0.2, 0) is 6.54 Å². The van der Waals surface area contributed by atoms with Gasteiger partial charge in [0.15, 0.2) is 5.75 Å². The average Bonchev–Trinajstić information content (AvgIpc) is 3.33. The molecule has 214 valence electrons. The van der Waals surface area contributed by atoms with E-state index in [2.05, 4.69) is 12.1 Å². The number of nitriles is 2. The van der Waals surface area contributed by atoms with Crippen molar-refractivity contribution in [2.75, 3.05) is 12.0 Å². The molecule has 12 heteroatoms. The zero-order valence-corrected chi connectivity index (χ0v) is 29.7. The molecular weight excluding hydrogens is 616 g/mol. The number of halogens is 1. The zero-order chi connectivity index (χ0) is 31.1. The van der Waals surface area contributed by atoms with Crippen molar-refractivity contribution in [3.63, 3.8) is 0 Å². The molecule has 9 nitrogen and oxygen atoms in total. The molecule has 4 rings (SSSR count). The van der Waals surface area contributed by atoms with Crippen LogP contribution in [0.3, 0.4) is 0 Å². The van der Waals surface area contributed by atoms with Crippen LogP contribution < -0.4 is 83.7 Å². The number of carboxylic acid groups (broad SMARTS) is 2. The molecule has 0 fully saturated rings. The Bertz CT molecular complexity index is 1800. The number of hydrogen-bond donors (Lipinski definition) is 0. The Morgan fingerprint density at radius 3 is 2.24 bits per heavy atom. The van der Waals surface area contributed by atoms with E-state index >= 15 is 0 Å². The number of carbonyl (C=O) groups is 2. The van der Waals surface area contributed by atoms with E-state index in [1.54, 1.807) is 78.6 Å². The van der Waals surface area contributed by atoms with Crippen LogP contribution in [0.5, 0.6) is 11.5 Å². The zero-order valence-electron chi connectivity index (χ0n) is 25.0. The van der Waals surface area contributed by atoms with Crippen molar-refractivity contribution in [2.45, 2.75) is 13.5 Å². The van der Waals surface area contributed by atoms with Crippen molar-refractivity contribution in [2.24, 2.45) is 0 Å². The molecule has 0 aliphatic carbocycles. The first-order valence-corrected chi connectivity index (χ1v) is 13.1. The van der Waals surface area contributed by atoms with Crippen LogP contribution in [0.1, 0.15) is 38.8 Å². The number of allylic oxidation sites excluding steroid dienone is 7. The second-order valence-corrected chi connectivity index (χ2v) is 9.66. The summed E-state index contributed by atoms with van der Waals surface area (Å²) in [6, 6.07) is 19.9. The minimum absolute atomic E-state index is 0. The van der Waals surface area contributed by atoms with Gasteiger partial charge in [-0.15, -0.1) is 0 Å². The van der Waals surface area contributed by atoms with E-state index in [-0.39, 0.29) is 82.4 Å². The van der Waals surface area contributed by atoms with Crippen LogP contribution in [0, 0.1) is 22.7 Å². The van der Waals surface area contributed by atoms with E-state index in [0.717, 1.165) is 6.07 Å². The summed E-state index contributed by atoms with van der Waals surface area (Å²) in [5.41, 5.74) is 1.99. The van der Waals surface area contributed by atoms with Crippen molar-refractivity contribution >= 4 is 34.8 Å². The number of hydrogen-bond acceptors (Lipinski definition) is 9. The van der Waals surface area contributed by atoms with Crippen LogP contribution in [-0.4, -0.2) is 19.0 Å². The van der Waals surface area contributed by atoms with Gasteiger partial charge in [-0.1, -0.05) is 35.9 Å². The quantitative estimate of drug-likeness (QED) is 0.152. The number of aromatic carboxylic acids is 2. The van der Waals surface area contributed by atoms with Gasteiger partial charge in [0.05, 0.1) is 49.0 Å². The number of benzene rings is 3. The smallest absolute Gasteiger partial charge is 0.545 e. The molecule has 45 heavy (non-hydrogen) atoms. The minimum Gasteiger partial charge on any atom is -0.545 e. The molecule has 0 unspecified atom stereocenters. The number of rotatable bonds is 9. The summed E-state index contributed by atoms with van der Waals surface area (Å²) in [6.45, 7) is 1.65. The number of methoxy groups -OCH3 is 1. The van der Waals surface area contributed by atoms with Crippen LogP contribution >= 0.6 is 11.6 Å². The van der Waals surface area contributed by atoms with Crippen molar-refractivity contribution in [3.05, 3.63) is 129 Å². The number of anilines is 1. The number of carbonyl (C=O) groups excluding carboxylic acids is 2. The van der Waals surface area contributed by atoms with Crippen LogP contribution in [0.15, 0.2) is 102 Å². The van der Waals surface area contributed by atoms with Gasteiger partial charge in [0.1, 0.15) is 5.75 Å². The van der Waals surface area contributed by atoms with Gasteiger partial charge in [0.2, 0.25) is 5.88 Å². The van der Waals surface area contributed by atoms with Crippen molar-refractivity contribution < 1.29 is 88.4 Å². The second-order valence-electron chi connectivity index (χ2n) is 9.22. The fourth-order valence-corrected chi connectivity index (χ4v) is 4.60. The Labute approximate surface area is 309 Å². The molecule has 0 N–H and O–H groups in total. The molecule has 1 aliphatic heterocycles. The predicted octanol–water partition coefficient (Wildman–Crippen LogP) is -1.67. The molecule has 0 bridgehead atoms. The summed E-state index contributed by atoms with van der Waals surface area (Å²) in [5.74, 6) is -1.68. The SMILES string of the molecule is COc1cccc(C(/C(C#N)=C/C=C/C=C2\Oc3ccc(Cl)cc3N2Cc2cc(C(=O)[O-])cc(C(=O)[O-])c2)=C(\C)C#N)c1.[Na+].[Na+]. The fourth-order valence-electron chi connectivity index (χ4n) is 4.44. The predicted molar refractivity (Wildman–Crippen MR) is 155 cm³/mol. The summed E-state index contributed by atoms with van der Waals surface area (Å²) in [6.07, 6.45) is 6.42. The Kier molecular flexibility index (Phi) is 14.2. The summed E-state index contributed by atoms with van der Waals surface area (Å²) in [4.78, 5) is 24.7. The van der Waals surface area contributed by atoms with Crippen LogP contribution in [0.2, 0.25) is 5.02 Å². The fraction of sp³-hybridized carbons (Fsp3) is 0.0909. The van der Waals surface area contributed by atoms with Gasteiger partial charge in [-0.3, -0.25) is 0 Å². The molecule has 1 heterocycles. The van der Waals surface area contributed by atoms with Gasteiger partial charge in [-0.25, -0.2) is 0 Å². The molecule has 0 amide bonds. The molecular formula is C33H22ClN3Na2O6. The monoisotopic (exact) mass is 637 g/mol. The molecule has 3 aromatic rings. The minimum atomic E-state index is -1.53. The van der Waals surface area contributed by atoms with Gasteiger partial charge in [-0.05, 0) is 89.9 Å². The van der Waals surface area contributed by atoms with Gasteiger partial charge in [0, 0.05) is 16.2 Å². The van der Waals surface area contributed by atoms with Gasteiger partial charge in [0.25, 0.3) is 0 Å². The maximum absolute atomic E-state index is 11.5. The molecule has 0 aromatic heterocycles. The number of fused-ring (bicyclic) bond motifs is 1. The standard InChI is InChI=1S/C33H24ClN3O6.2Na/c1-20(17-35)31(22-7-5-8-27(15-22)42-2)23(18-36)6-3-4-9-30-37(28-16-26(34)10-11-29(28)43-30)19-21-12-24(32(38)39)14-25(13-21)33(40)41;;/h3-16H,19H2,1-2H3,(H,38,39)(H,40,41);;/q;2*+1/p-2/b4-3+,23-6+,30-9-,31-20-;;. The average molecular weight is 638 g/mol. The third-order valence-electron chi connectivity index (χ3n) is 6.40. The largest absolute Gasteiger partial charge is 1.00 e. The van der Waals surface area contributed by atoms with E-state index < -0.39 is 11.9 Å². The number of nitrogens with zero attached hydrogens (tertiary/aromatic N) is 3. The normalized spacial score (nSPS) is 13.4. The Balaban J connectivity index is 0.00000353. The Hall–Kier alpha value is -3.77. The molecule has 0 atom stereocenters. The number of carboxylic acids is 2. The molecule has 0 saturated heterocycles. The van der Waals surface area contributed by atoms with Gasteiger partial charge >= 0.3 is 59.1 Å². The van der Waals surface area contributed by atoms with E-state index in [1.807, 2.05) is 0 Å². The number of ether oxygens (including phenoxy) is 2. The summed E-state index contributed by atoms with van der Waals surface area (Å²) in [7, 11) is 1.53. The Morgan fingerprint density at radius 2 is 1.64 bits per heavy atom. The molecule has 3 aromatic carbocycles. The van der Waals surface area contributed by atoms with E-state index in [4.69, 9.17) is 21.1 Å². The van der Waals surface area contributed by atoms with Crippen molar-refractivity contribution in [3.8, 4) is 23.6 Å². The van der Waals surface area contributed by atoms with Crippen molar-refractivity contribution in [1.29, 1.82) is 10.5 Å². The van der Waals surface area contributed by atoms with Gasteiger partial charge in [-0.2, -0.15) is 10.5 Å². The molecule has 0 saturated carbocycles. The molecule has 1 aliphatic rings. The molecule has 0 radical (unpaired) electrons. The summed E-state index contributed by atoms with van der Waals surface area (Å²) < 4.78 is 11.3. The third kappa shape index (κ3) is 9.13. The van der Waals surface area contributed by atoms with Crippen molar-refractivity contribution in [1.82, 2.24) is 0 Å². The topological polar surface area (TPSA) is 150 Å². The molecule has 0 spiro atoms. The second kappa shape index (κ2) is 17.1. The first kappa shape index (κ1) is 37.4. The van der Waals surface area contributed by atoms with E-state index in [1.165, 1.54) is 19.2 Å². The first-order valence-electron chi connectivity index (χ1n) is 12.7. The van der Waals surface area contributed by atoms with Crippen LogP contribution in [0.25, 0.3) is 5.57 Å². The van der Waals surface area contributed by atoms with E-state index in [9.17, 15) is 30.3 Å².